The van der Waals surface area contributed by atoms with Crippen molar-refractivity contribution in [2.75, 3.05) is 34.3 Å². The van der Waals surface area contributed by atoms with Gasteiger partial charge in [0.25, 0.3) is 0 Å². The number of aliphatic hydroxyl groups is 1. The number of carbonyl (C=O) groups excluding carboxylic acids is 1. The van der Waals surface area contributed by atoms with Gasteiger partial charge in [0.05, 0.1) is 27.1 Å². The largest absolute Gasteiger partial charge is 0.462 e. The molecule has 4 nitrogen and oxygen atoms in total. The Bertz CT molecular complexity index is 236. The van der Waals surface area contributed by atoms with Crippen molar-refractivity contribution in [3.05, 3.63) is 0 Å². The number of aliphatic hydroxyl groups excluding tert-OH is 1. The maximum atomic E-state index is 11.8. The molecule has 1 N–H and O–H groups in total. The fraction of sp³-hybridized carbons (Fsp3) is 0.929. The van der Waals surface area contributed by atoms with Crippen LogP contribution in [0.1, 0.15) is 39.5 Å². The monoisotopic (exact) mass is 260 g/mol. The summed E-state index contributed by atoms with van der Waals surface area (Å²) >= 11 is 0. The molecule has 0 aliphatic heterocycles. The van der Waals surface area contributed by atoms with E-state index in [-0.39, 0.29) is 18.5 Å². The molecular formula is C14H30NO3+. The third kappa shape index (κ3) is 8.48. The van der Waals surface area contributed by atoms with Gasteiger partial charge < -0.3 is 14.3 Å². The molecule has 2 unspecified atom stereocenters. The second-order valence-corrected chi connectivity index (χ2v) is 6.00. The number of carbonyl (C=O) groups is 1. The molecule has 0 bridgehead atoms. The van der Waals surface area contributed by atoms with Gasteiger partial charge in [-0.05, 0) is 12.8 Å². The molecule has 0 radical (unpaired) electrons. The average molecular weight is 260 g/mol. The van der Waals surface area contributed by atoms with Gasteiger partial charge in [-0.3, -0.25) is 4.79 Å². The molecule has 0 saturated heterocycles. The number of rotatable bonds is 9. The van der Waals surface area contributed by atoms with Crippen molar-refractivity contribution in [1.82, 2.24) is 0 Å². The lowest BCUT2D eigenvalue weighted by molar-refractivity contribution is -0.873. The molecule has 108 valence electrons. The molecule has 0 aromatic rings. The van der Waals surface area contributed by atoms with Crippen LogP contribution in [0.4, 0.5) is 0 Å². The van der Waals surface area contributed by atoms with E-state index in [1.165, 1.54) is 0 Å². The summed E-state index contributed by atoms with van der Waals surface area (Å²) in [6.07, 6.45) is 3.25. The average Bonchev–Trinajstić information content (AvgIpc) is 2.25. The van der Waals surface area contributed by atoms with Crippen LogP contribution in [0.5, 0.6) is 0 Å². The van der Waals surface area contributed by atoms with Gasteiger partial charge in [-0.15, -0.1) is 0 Å². The number of likely N-dealkylation sites (N-methyl/N-ethyl adjacent to an activating group) is 1. The summed E-state index contributed by atoms with van der Waals surface area (Å²) in [5.41, 5.74) is 0. The molecule has 0 aliphatic carbocycles. The van der Waals surface area contributed by atoms with Gasteiger partial charge in [0, 0.05) is 0 Å². The van der Waals surface area contributed by atoms with Gasteiger partial charge in [0.1, 0.15) is 19.3 Å². The SMILES string of the molecule is CCCCC(CC)C(=O)OCC(O)C[N+](C)(C)C. The molecule has 2 atom stereocenters. The fourth-order valence-electron chi connectivity index (χ4n) is 1.92. The van der Waals surface area contributed by atoms with Crippen LogP contribution in [0.3, 0.4) is 0 Å². The van der Waals surface area contributed by atoms with E-state index in [1.54, 1.807) is 0 Å². The maximum absolute atomic E-state index is 11.8. The first kappa shape index (κ1) is 17.4. The highest BCUT2D eigenvalue weighted by Gasteiger charge is 2.21. The number of ether oxygens (including phenoxy) is 1. The summed E-state index contributed by atoms with van der Waals surface area (Å²) in [6, 6.07) is 0. The van der Waals surface area contributed by atoms with Crippen LogP contribution in [0, 0.1) is 5.92 Å². The molecule has 0 aliphatic rings. The third-order valence-corrected chi connectivity index (χ3v) is 2.91. The number of nitrogens with zero attached hydrogens (tertiary/aromatic N) is 1. The van der Waals surface area contributed by atoms with E-state index in [0.717, 1.165) is 25.7 Å². The smallest absolute Gasteiger partial charge is 0.309 e. The Morgan fingerprint density at radius 2 is 1.89 bits per heavy atom. The lowest BCUT2D eigenvalue weighted by Gasteiger charge is -2.26. The van der Waals surface area contributed by atoms with Gasteiger partial charge in [-0.25, -0.2) is 0 Å². The molecule has 0 rings (SSSR count). The summed E-state index contributed by atoms with van der Waals surface area (Å²) in [4.78, 5) is 11.8. The van der Waals surface area contributed by atoms with Crippen molar-refractivity contribution >= 4 is 5.97 Å². The number of hydrogen-bond donors (Lipinski definition) is 1. The Hall–Kier alpha value is -0.610. The zero-order chi connectivity index (χ0) is 14.2. The molecular weight excluding hydrogens is 230 g/mol. The molecule has 18 heavy (non-hydrogen) atoms. The summed E-state index contributed by atoms with van der Waals surface area (Å²) in [6.45, 7) is 4.81. The van der Waals surface area contributed by atoms with Gasteiger partial charge in [0.15, 0.2) is 0 Å². The Balaban J connectivity index is 3.99. The number of quaternary nitrogens is 1. The van der Waals surface area contributed by atoms with Crippen molar-refractivity contribution in [2.24, 2.45) is 5.92 Å². The van der Waals surface area contributed by atoms with E-state index in [2.05, 4.69) is 6.92 Å². The third-order valence-electron chi connectivity index (χ3n) is 2.91. The van der Waals surface area contributed by atoms with Gasteiger partial charge in [0.2, 0.25) is 0 Å². The summed E-state index contributed by atoms with van der Waals surface area (Å²) in [5.74, 6) is -0.173. The fourth-order valence-corrected chi connectivity index (χ4v) is 1.92. The Labute approximate surface area is 112 Å². The number of unbranched alkanes of at least 4 members (excludes halogenated alkanes) is 1. The molecule has 0 spiro atoms. The minimum atomic E-state index is -0.586. The first-order valence-corrected chi connectivity index (χ1v) is 6.95. The number of esters is 1. The van der Waals surface area contributed by atoms with Crippen LogP contribution in [0.2, 0.25) is 0 Å². The first-order chi connectivity index (χ1) is 8.30. The molecule has 0 fully saturated rings. The van der Waals surface area contributed by atoms with E-state index < -0.39 is 6.10 Å². The highest BCUT2D eigenvalue weighted by atomic mass is 16.5. The van der Waals surface area contributed by atoms with Crippen LogP contribution in [-0.4, -0.2) is 56.0 Å². The van der Waals surface area contributed by atoms with Crippen LogP contribution in [0.15, 0.2) is 0 Å². The van der Waals surface area contributed by atoms with Gasteiger partial charge in [-0.1, -0.05) is 26.7 Å². The van der Waals surface area contributed by atoms with E-state index in [9.17, 15) is 9.90 Å². The second-order valence-electron chi connectivity index (χ2n) is 6.00. The van der Waals surface area contributed by atoms with Crippen LogP contribution < -0.4 is 0 Å². The second kappa shape index (κ2) is 8.48. The standard InChI is InChI=1S/C14H30NO3/c1-6-8-9-12(7-2)14(17)18-11-13(16)10-15(3,4)5/h12-13,16H,6-11H2,1-5H3/q+1. The zero-order valence-electron chi connectivity index (χ0n) is 12.6. The Morgan fingerprint density at radius 3 is 2.33 bits per heavy atom. The molecule has 0 saturated carbocycles. The topological polar surface area (TPSA) is 46.5 Å². The summed E-state index contributed by atoms with van der Waals surface area (Å²) in [5, 5.41) is 9.77. The van der Waals surface area contributed by atoms with Crippen LogP contribution in [0.25, 0.3) is 0 Å². The van der Waals surface area contributed by atoms with Crippen LogP contribution >= 0.6 is 0 Å². The van der Waals surface area contributed by atoms with E-state index in [4.69, 9.17) is 4.74 Å². The molecule has 4 heteroatoms. The first-order valence-electron chi connectivity index (χ1n) is 6.95. The van der Waals surface area contributed by atoms with Crippen molar-refractivity contribution in [1.29, 1.82) is 0 Å². The van der Waals surface area contributed by atoms with Crippen molar-refractivity contribution in [2.45, 2.75) is 45.6 Å². The van der Waals surface area contributed by atoms with Crippen LogP contribution in [-0.2, 0) is 9.53 Å². The zero-order valence-corrected chi connectivity index (χ0v) is 12.6. The predicted octanol–water partition coefficient (Wildman–Crippen LogP) is 1.81. The maximum Gasteiger partial charge on any atom is 0.309 e. The quantitative estimate of drug-likeness (QED) is 0.508. The lowest BCUT2D eigenvalue weighted by Crippen LogP contribution is -2.43. The lowest BCUT2D eigenvalue weighted by atomic mass is 10.00. The highest BCUT2D eigenvalue weighted by molar-refractivity contribution is 5.72. The minimum Gasteiger partial charge on any atom is -0.462 e. The molecule has 0 heterocycles. The Morgan fingerprint density at radius 1 is 1.28 bits per heavy atom. The summed E-state index contributed by atoms with van der Waals surface area (Å²) < 4.78 is 5.86. The highest BCUT2D eigenvalue weighted by Crippen LogP contribution is 2.14. The normalized spacial score (nSPS) is 15.2. The number of hydrogen-bond acceptors (Lipinski definition) is 3. The van der Waals surface area contributed by atoms with Gasteiger partial charge in [-0.2, -0.15) is 0 Å². The molecule has 0 amide bonds. The van der Waals surface area contributed by atoms with Crippen molar-refractivity contribution in [3.63, 3.8) is 0 Å². The molecule has 0 aromatic carbocycles. The van der Waals surface area contributed by atoms with Gasteiger partial charge >= 0.3 is 5.97 Å². The summed E-state index contributed by atoms with van der Waals surface area (Å²) in [7, 11) is 6.00. The molecule has 0 aromatic heterocycles. The van der Waals surface area contributed by atoms with Crippen molar-refractivity contribution < 1.29 is 19.1 Å². The van der Waals surface area contributed by atoms with E-state index in [0.29, 0.717) is 11.0 Å². The van der Waals surface area contributed by atoms with Crippen molar-refractivity contribution in [3.8, 4) is 0 Å². The predicted molar refractivity (Wildman–Crippen MR) is 73.2 cm³/mol. The minimum absolute atomic E-state index is 0.0127. The van der Waals surface area contributed by atoms with E-state index in [1.807, 2.05) is 28.1 Å². The van der Waals surface area contributed by atoms with E-state index >= 15 is 0 Å². The Kier molecular flexibility index (Phi) is 8.20.